The Labute approximate surface area is 74.7 Å². The number of morpholine rings is 1. The summed E-state index contributed by atoms with van der Waals surface area (Å²) in [6, 6.07) is 0.656. The van der Waals surface area contributed by atoms with E-state index in [1.54, 1.807) is 0 Å². The van der Waals surface area contributed by atoms with Gasteiger partial charge in [0.1, 0.15) is 0 Å². The van der Waals surface area contributed by atoms with E-state index in [2.05, 4.69) is 12.2 Å². The number of nitrogens with one attached hydrogen (secondary N) is 1. The van der Waals surface area contributed by atoms with Crippen molar-refractivity contribution in [2.45, 2.75) is 57.3 Å². The van der Waals surface area contributed by atoms with Crippen LogP contribution in [0, 0.1) is 0 Å². The van der Waals surface area contributed by atoms with E-state index in [0.717, 1.165) is 6.54 Å². The van der Waals surface area contributed by atoms with Crippen molar-refractivity contribution in [3.05, 3.63) is 0 Å². The Morgan fingerprint density at radius 1 is 1.17 bits per heavy atom. The van der Waals surface area contributed by atoms with Crippen molar-refractivity contribution >= 4 is 0 Å². The predicted molar refractivity (Wildman–Crippen MR) is 49.2 cm³/mol. The molecule has 1 saturated heterocycles. The van der Waals surface area contributed by atoms with Crippen molar-refractivity contribution in [2.75, 3.05) is 6.54 Å². The van der Waals surface area contributed by atoms with Crippen LogP contribution in [-0.4, -0.2) is 24.8 Å². The van der Waals surface area contributed by atoms with Gasteiger partial charge in [0.05, 0.1) is 12.2 Å². The van der Waals surface area contributed by atoms with E-state index >= 15 is 0 Å². The zero-order chi connectivity index (χ0) is 8.39. The van der Waals surface area contributed by atoms with Gasteiger partial charge in [0.15, 0.2) is 0 Å². The maximum Gasteiger partial charge on any atom is 0.0732 e. The first-order valence-corrected chi connectivity index (χ1v) is 5.25. The van der Waals surface area contributed by atoms with Crippen molar-refractivity contribution in [3.8, 4) is 0 Å². The Bertz CT molecular complexity index is 149. The number of hydrogen-bond acceptors (Lipinski definition) is 2. The quantitative estimate of drug-likeness (QED) is 0.596. The van der Waals surface area contributed by atoms with E-state index in [4.69, 9.17) is 4.74 Å². The van der Waals surface area contributed by atoms with Crippen LogP contribution < -0.4 is 5.32 Å². The zero-order valence-corrected chi connectivity index (χ0v) is 7.88. The van der Waals surface area contributed by atoms with Crippen LogP contribution in [0.2, 0.25) is 0 Å². The fourth-order valence-electron chi connectivity index (χ4n) is 2.33. The highest BCUT2D eigenvalue weighted by atomic mass is 16.5. The molecule has 0 aromatic heterocycles. The van der Waals surface area contributed by atoms with E-state index in [9.17, 15) is 0 Å². The first-order chi connectivity index (χ1) is 5.86. The molecule has 0 aromatic carbocycles. The summed E-state index contributed by atoms with van der Waals surface area (Å²) in [7, 11) is 0. The summed E-state index contributed by atoms with van der Waals surface area (Å²) in [6.45, 7) is 3.20. The van der Waals surface area contributed by atoms with Crippen molar-refractivity contribution in [2.24, 2.45) is 0 Å². The zero-order valence-electron chi connectivity index (χ0n) is 7.88. The fraction of sp³-hybridized carbons (Fsp3) is 1.00. The molecule has 1 aliphatic heterocycles. The smallest absolute Gasteiger partial charge is 0.0732 e. The molecule has 0 radical (unpaired) electrons. The standard InChI is InChI=1S/C10H19NO/c1-8-7-11-9-5-3-2-4-6-10(9)12-8/h8-11H,2-7H2,1H3. The average molecular weight is 169 g/mol. The third-order valence-electron chi connectivity index (χ3n) is 3.03. The molecule has 0 amide bonds. The number of hydrogen-bond donors (Lipinski definition) is 1. The van der Waals surface area contributed by atoms with Gasteiger partial charge < -0.3 is 10.1 Å². The second kappa shape index (κ2) is 3.75. The van der Waals surface area contributed by atoms with Gasteiger partial charge >= 0.3 is 0 Å². The lowest BCUT2D eigenvalue weighted by Crippen LogP contribution is -2.51. The van der Waals surface area contributed by atoms with Crippen molar-refractivity contribution < 1.29 is 4.74 Å². The summed E-state index contributed by atoms with van der Waals surface area (Å²) in [6.07, 6.45) is 7.65. The molecule has 2 rings (SSSR count). The first-order valence-electron chi connectivity index (χ1n) is 5.25. The highest BCUT2D eigenvalue weighted by molar-refractivity contribution is 4.85. The SMILES string of the molecule is CC1CNC2CCCCCC2O1. The Hall–Kier alpha value is -0.0800. The van der Waals surface area contributed by atoms with Gasteiger partial charge in [-0.2, -0.15) is 0 Å². The molecule has 1 aliphatic carbocycles. The molecule has 2 heteroatoms. The van der Waals surface area contributed by atoms with E-state index < -0.39 is 0 Å². The van der Waals surface area contributed by atoms with Crippen molar-refractivity contribution in [3.63, 3.8) is 0 Å². The van der Waals surface area contributed by atoms with Crippen LogP contribution in [0.5, 0.6) is 0 Å². The molecule has 1 heterocycles. The minimum atomic E-state index is 0.421. The molecule has 12 heavy (non-hydrogen) atoms. The fourth-order valence-corrected chi connectivity index (χ4v) is 2.33. The third kappa shape index (κ3) is 1.80. The van der Waals surface area contributed by atoms with Gasteiger partial charge in [-0.1, -0.05) is 19.3 Å². The van der Waals surface area contributed by atoms with E-state index in [1.165, 1.54) is 32.1 Å². The van der Waals surface area contributed by atoms with Crippen LogP contribution in [0.15, 0.2) is 0 Å². The second-order valence-electron chi connectivity index (χ2n) is 4.14. The van der Waals surface area contributed by atoms with Gasteiger partial charge in [-0.15, -0.1) is 0 Å². The van der Waals surface area contributed by atoms with Crippen LogP contribution in [0.1, 0.15) is 39.0 Å². The Balaban J connectivity index is 1.94. The van der Waals surface area contributed by atoms with Crippen molar-refractivity contribution in [1.82, 2.24) is 5.32 Å². The van der Waals surface area contributed by atoms with E-state index in [0.29, 0.717) is 18.2 Å². The average Bonchev–Trinajstić information content (AvgIpc) is 2.28. The Morgan fingerprint density at radius 3 is 2.92 bits per heavy atom. The van der Waals surface area contributed by atoms with Gasteiger partial charge in [0.25, 0.3) is 0 Å². The molecule has 0 bridgehead atoms. The molecule has 1 N–H and O–H groups in total. The van der Waals surface area contributed by atoms with Crippen LogP contribution in [0.25, 0.3) is 0 Å². The summed E-state index contributed by atoms with van der Waals surface area (Å²) in [5, 5.41) is 3.59. The predicted octanol–water partition coefficient (Wildman–Crippen LogP) is 1.70. The largest absolute Gasteiger partial charge is 0.372 e. The van der Waals surface area contributed by atoms with E-state index in [1.807, 2.05) is 0 Å². The Morgan fingerprint density at radius 2 is 2.00 bits per heavy atom. The lowest BCUT2D eigenvalue weighted by atomic mass is 10.0. The normalized spacial score (nSPS) is 43.2. The number of fused-ring (bicyclic) bond motifs is 1. The van der Waals surface area contributed by atoms with Crippen LogP contribution in [0.4, 0.5) is 0 Å². The molecule has 1 saturated carbocycles. The van der Waals surface area contributed by atoms with Crippen LogP contribution in [-0.2, 0) is 4.74 Å². The molecular formula is C10H19NO. The Kier molecular flexibility index (Phi) is 2.66. The lowest BCUT2D eigenvalue weighted by Gasteiger charge is -2.35. The van der Waals surface area contributed by atoms with Crippen LogP contribution in [0.3, 0.4) is 0 Å². The highest BCUT2D eigenvalue weighted by Crippen LogP contribution is 2.23. The van der Waals surface area contributed by atoms with Gasteiger partial charge in [-0.05, 0) is 19.8 Å². The monoisotopic (exact) mass is 169 g/mol. The summed E-state index contributed by atoms with van der Waals surface area (Å²) in [5.41, 5.74) is 0. The molecule has 2 nitrogen and oxygen atoms in total. The topological polar surface area (TPSA) is 21.3 Å². The molecule has 3 unspecified atom stereocenters. The maximum absolute atomic E-state index is 5.91. The summed E-state index contributed by atoms with van der Waals surface area (Å²) in [5.74, 6) is 0. The number of rotatable bonds is 0. The number of ether oxygens (including phenoxy) is 1. The molecule has 3 atom stereocenters. The summed E-state index contributed by atoms with van der Waals surface area (Å²) >= 11 is 0. The molecular weight excluding hydrogens is 150 g/mol. The molecule has 0 aromatic rings. The molecule has 0 spiro atoms. The minimum Gasteiger partial charge on any atom is -0.372 e. The molecule has 2 aliphatic rings. The minimum absolute atomic E-state index is 0.421. The second-order valence-corrected chi connectivity index (χ2v) is 4.14. The van der Waals surface area contributed by atoms with Gasteiger partial charge in [0, 0.05) is 12.6 Å². The van der Waals surface area contributed by atoms with Gasteiger partial charge in [0.2, 0.25) is 0 Å². The highest BCUT2D eigenvalue weighted by Gasteiger charge is 2.29. The lowest BCUT2D eigenvalue weighted by molar-refractivity contribution is -0.0562. The van der Waals surface area contributed by atoms with E-state index in [-0.39, 0.29) is 0 Å². The molecule has 2 fully saturated rings. The third-order valence-corrected chi connectivity index (χ3v) is 3.03. The van der Waals surface area contributed by atoms with Gasteiger partial charge in [-0.3, -0.25) is 0 Å². The van der Waals surface area contributed by atoms with Crippen molar-refractivity contribution in [1.29, 1.82) is 0 Å². The summed E-state index contributed by atoms with van der Waals surface area (Å²) in [4.78, 5) is 0. The molecule has 70 valence electrons. The van der Waals surface area contributed by atoms with Crippen LogP contribution >= 0.6 is 0 Å². The van der Waals surface area contributed by atoms with Gasteiger partial charge in [-0.25, -0.2) is 0 Å². The summed E-state index contributed by atoms with van der Waals surface area (Å²) < 4.78 is 5.91. The maximum atomic E-state index is 5.91. The first kappa shape index (κ1) is 8.52.